The minimum Gasteiger partial charge on any atom is -0.481 e. The molecule has 5 nitrogen and oxygen atoms in total. The molecule has 2 aromatic rings. The summed E-state index contributed by atoms with van der Waals surface area (Å²) < 4.78 is 0. The predicted molar refractivity (Wildman–Crippen MR) is 95.0 cm³/mol. The van der Waals surface area contributed by atoms with Crippen molar-refractivity contribution in [2.75, 3.05) is 6.54 Å². The van der Waals surface area contributed by atoms with Crippen LogP contribution in [0.5, 0.6) is 0 Å². The lowest BCUT2D eigenvalue weighted by atomic mass is 10.0. The Balaban J connectivity index is 1.77. The highest BCUT2D eigenvalue weighted by Crippen LogP contribution is 2.40. The van der Waals surface area contributed by atoms with Gasteiger partial charge in [0.05, 0.1) is 17.5 Å². The molecule has 1 unspecified atom stereocenters. The lowest BCUT2D eigenvalue weighted by Crippen LogP contribution is -2.37. The molecule has 0 bridgehead atoms. The second-order valence-corrected chi connectivity index (χ2v) is 7.36. The maximum Gasteiger partial charge on any atom is 0.305 e. The Kier molecular flexibility index (Phi) is 4.12. The van der Waals surface area contributed by atoms with Crippen molar-refractivity contribution in [1.29, 1.82) is 0 Å². The van der Waals surface area contributed by atoms with Gasteiger partial charge in [-0.2, -0.15) is 0 Å². The molecule has 1 aliphatic carbocycles. The van der Waals surface area contributed by atoms with Gasteiger partial charge in [-0.3, -0.25) is 14.6 Å². The number of carbonyl (C=O) groups is 2. The van der Waals surface area contributed by atoms with E-state index in [1.807, 2.05) is 12.1 Å². The van der Waals surface area contributed by atoms with E-state index in [0.717, 1.165) is 42.3 Å². The van der Waals surface area contributed by atoms with Crippen LogP contribution in [0.3, 0.4) is 0 Å². The van der Waals surface area contributed by atoms with Gasteiger partial charge in [-0.15, -0.1) is 0 Å². The van der Waals surface area contributed by atoms with Crippen molar-refractivity contribution in [3.05, 3.63) is 40.5 Å². The molecule has 1 N–H and O–H groups in total. The van der Waals surface area contributed by atoms with Crippen LogP contribution in [0.2, 0.25) is 5.02 Å². The summed E-state index contributed by atoms with van der Waals surface area (Å²) in [4.78, 5) is 30.7. The Morgan fingerprint density at radius 1 is 1.24 bits per heavy atom. The maximum absolute atomic E-state index is 13.2. The van der Waals surface area contributed by atoms with Crippen LogP contribution >= 0.6 is 11.6 Å². The molecule has 2 fully saturated rings. The highest BCUT2D eigenvalue weighted by atomic mass is 35.5. The number of hydrogen-bond donors (Lipinski definition) is 1. The maximum atomic E-state index is 13.2. The molecular weight excluding hydrogens is 340 g/mol. The monoisotopic (exact) mass is 358 g/mol. The fourth-order valence-electron chi connectivity index (χ4n) is 3.66. The van der Waals surface area contributed by atoms with Crippen LogP contribution in [0.15, 0.2) is 24.3 Å². The molecule has 25 heavy (non-hydrogen) atoms. The first kappa shape index (κ1) is 16.3. The second kappa shape index (κ2) is 6.30. The fraction of sp³-hybridized carbons (Fsp3) is 0.421. The minimum atomic E-state index is -0.869. The van der Waals surface area contributed by atoms with Crippen molar-refractivity contribution >= 4 is 34.4 Å². The normalized spacial score (nSPS) is 20.2. The number of likely N-dealkylation sites (tertiary alicyclic amines) is 1. The van der Waals surface area contributed by atoms with Gasteiger partial charge in [0.15, 0.2) is 0 Å². The summed E-state index contributed by atoms with van der Waals surface area (Å²) in [6, 6.07) is 7.05. The summed E-state index contributed by atoms with van der Waals surface area (Å²) >= 11 is 6.14. The molecule has 4 rings (SSSR count). The average molecular weight is 359 g/mol. The molecule has 1 aliphatic heterocycles. The molecule has 2 aliphatic rings. The third-order valence-electron chi connectivity index (χ3n) is 5.06. The number of benzene rings is 1. The third-order valence-corrected chi connectivity index (χ3v) is 5.30. The number of carboxylic acid groups (broad SMARTS) is 1. The number of aliphatic carboxylic acids is 1. The van der Waals surface area contributed by atoms with Gasteiger partial charge < -0.3 is 10.0 Å². The number of halogens is 1. The van der Waals surface area contributed by atoms with Gasteiger partial charge >= 0.3 is 5.97 Å². The van der Waals surface area contributed by atoms with E-state index in [1.165, 1.54) is 0 Å². The van der Waals surface area contributed by atoms with Crippen LogP contribution in [-0.4, -0.2) is 39.5 Å². The van der Waals surface area contributed by atoms with Gasteiger partial charge in [0.1, 0.15) is 0 Å². The summed E-state index contributed by atoms with van der Waals surface area (Å²) in [6.07, 6.45) is 3.77. The minimum absolute atomic E-state index is 0.00893. The van der Waals surface area contributed by atoms with Crippen molar-refractivity contribution in [2.24, 2.45) is 0 Å². The van der Waals surface area contributed by atoms with Gasteiger partial charge in [-0.25, -0.2) is 0 Å². The van der Waals surface area contributed by atoms with Crippen molar-refractivity contribution in [3.8, 4) is 0 Å². The van der Waals surface area contributed by atoms with Gasteiger partial charge in [0.25, 0.3) is 5.91 Å². The van der Waals surface area contributed by atoms with E-state index < -0.39 is 5.97 Å². The summed E-state index contributed by atoms with van der Waals surface area (Å²) in [5.41, 5.74) is 2.31. The average Bonchev–Trinajstić information content (AvgIpc) is 3.33. The van der Waals surface area contributed by atoms with Crippen molar-refractivity contribution in [1.82, 2.24) is 9.88 Å². The van der Waals surface area contributed by atoms with Gasteiger partial charge in [-0.05, 0) is 49.9 Å². The van der Waals surface area contributed by atoms with Crippen LogP contribution in [0.4, 0.5) is 0 Å². The van der Waals surface area contributed by atoms with E-state index >= 15 is 0 Å². The van der Waals surface area contributed by atoms with E-state index in [2.05, 4.69) is 0 Å². The molecule has 1 saturated carbocycles. The quantitative estimate of drug-likeness (QED) is 0.901. The standard InChI is InChI=1S/C19H19ClN2O3/c20-12-5-6-16-14(8-12)15(10-17(21-16)11-3-4-11)19(25)22-7-1-2-13(22)9-18(23)24/h5-6,8,10-11,13H,1-4,7,9H2,(H,23,24). The number of aromatic nitrogens is 1. The van der Waals surface area contributed by atoms with E-state index in [-0.39, 0.29) is 18.4 Å². The summed E-state index contributed by atoms with van der Waals surface area (Å²) in [7, 11) is 0. The molecule has 0 spiro atoms. The number of nitrogens with zero attached hydrogens (tertiary/aromatic N) is 2. The van der Waals surface area contributed by atoms with Crippen molar-refractivity contribution in [3.63, 3.8) is 0 Å². The molecule has 1 amide bonds. The molecule has 1 aromatic heterocycles. The van der Waals surface area contributed by atoms with Crippen LogP contribution in [-0.2, 0) is 4.79 Å². The highest BCUT2D eigenvalue weighted by Gasteiger charge is 2.33. The number of rotatable bonds is 4. The summed E-state index contributed by atoms with van der Waals surface area (Å²) in [5.74, 6) is -0.550. The van der Waals surface area contributed by atoms with Crippen molar-refractivity contribution in [2.45, 2.75) is 44.1 Å². The Labute approximate surface area is 150 Å². The lowest BCUT2D eigenvalue weighted by Gasteiger charge is -2.24. The largest absolute Gasteiger partial charge is 0.481 e. The fourth-order valence-corrected chi connectivity index (χ4v) is 3.83. The summed E-state index contributed by atoms with van der Waals surface area (Å²) in [6.45, 7) is 0.597. The molecule has 6 heteroatoms. The van der Waals surface area contributed by atoms with Gasteiger partial charge in [-0.1, -0.05) is 11.6 Å². The third kappa shape index (κ3) is 3.21. The number of fused-ring (bicyclic) bond motifs is 1. The molecule has 1 saturated heterocycles. The van der Waals surface area contributed by atoms with E-state index in [9.17, 15) is 9.59 Å². The molecular formula is C19H19ClN2O3. The first-order valence-electron chi connectivity index (χ1n) is 8.66. The smallest absolute Gasteiger partial charge is 0.305 e. The zero-order valence-corrected chi connectivity index (χ0v) is 14.5. The van der Waals surface area contributed by atoms with Crippen molar-refractivity contribution < 1.29 is 14.7 Å². The predicted octanol–water partition coefficient (Wildman–Crippen LogP) is 3.84. The van der Waals surface area contributed by atoms with Crippen LogP contribution < -0.4 is 0 Å². The highest BCUT2D eigenvalue weighted by molar-refractivity contribution is 6.31. The molecule has 1 atom stereocenters. The van der Waals surface area contributed by atoms with E-state index in [0.29, 0.717) is 23.0 Å². The van der Waals surface area contributed by atoms with Gasteiger partial charge in [0, 0.05) is 34.6 Å². The molecule has 2 heterocycles. The Bertz CT molecular complexity index is 863. The van der Waals surface area contributed by atoms with Gasteiger partial charge in [0.2, 0.25) is 0 Å². The Morgan fingerprint density at radius 3 is 2.76 bits per heavy atom. The van der Waals surface area contributed by atoms with Crippen LogP contribution in [0.1, 0.15) is 54.1 Å². The van der Waals surface area contributed by atoms with Crippen LogP contribution in [0.25, 0.3) is 10.9 Å². The Morgan fingerprint density at radius 2 is 2.04 bits per heavy atom. The summed E-state index contributed by atoms with van der Waals surface area (Å²) in [5, 5.41) is 10.4. The number of carbonyl (C=O) groups excluding carboxylic acids is 1. The van der Waals surface area contributed by atoms with E-state index in [1.54, 1.807) is 17.0 Å². The first-order chi connectivity index (χ1) is 12.0. The van der Waals surface area contributed by atoms with Crippen LogP contribution in [0, 0.1) is 0 Å². The zero-order chi connectivity index (χ0) is 17.6. The zero-order valence-electron chi connectivity index (χ0n) is 13.7. The molecule has 1 aromatic carbocycles. The molecule has 0 radical (unpaired) electrons. The number of hydrogen-bond acceptors (Lipinski definition) is 3. The number of carboxylic acids is 1. The lowest BCUT2D eigenvalue weighted by molar-refractivity contribution is -0.137. The molecule has 130 valence electrons. The Hall–Kier alpha value is -2.14. The second-order valence-electron chi connectivity index (χ2n) is 6.92. The number of pyridine rings is 1. The van der Waals surface area contributed by atoms with E-state index in [4.69, 9.17) is 21.7 Å². The SMILES string of the molecule is O=C(O)CC1CCCN1C(=O)c1cc(C2CC2)nc2ccc(Cl)cc12. The topological polar surface area (TPSA) is 70.5 Å². The number of amides is 1. The first-order valence-corrected chi connectivity index (χ1v) is 9.03.